The van der Waals surface area contributed by atoms with Crippen LogP contribution in [0.2, 0.25) is 0 Å². The van der Waals surface area contributed by atoms with Gasteiger partial charge in [0.05, 0.1) is 6.67 Å². The SMILES string of the molecule is Cc1c(N)cccc1SCCCF. The van der Waals surface area contributed by atoms with Crippen molar-refractivity contribution in [2.45, 2.75) is 18.2 Å². The van der Waals surface area contributed by atoms with Crippen LogP contribution >= 0.6 is 11.8 Å². The summed E-state index contributed by atoms with van der Waals surface area (Å²) in [5.74, 6) is 0.820. The molecule has 0 aromatic heterocycles. The summed E-state index contributed by atoms with van der Waals surface area (Å²) >= 11 is 1.67. The maximum Gasteiger partial charge on any atom is 0.0902 e. The summed E-state index contributed by atoms with van der Waals surface area (Å²) in [6.45, 7) is 1.75. The van der Waals surface area contributed by atoms with Crippen LogP contribution in [0, 0.1) is 6.92 Å². The molecule has 1 nitrogen and oxygen atoms in total. The number of alkyl halides is 1. The summed E-state index contributed by atoms with van der Waals surface area (Å²) in [6, 6.07) is 5.84. The van der Waals surface area contributed by atoms with E-state index in [1.54, 1.807) is 11.8 Å². The standard InChI is InChI=1S/C10H14FNS/c1-8-9(12)4-2-5-10(8)13-7-3-6-11/h2,4-5H,3,6-7,12H2,1H3. The van der Waals surface area contributed by atoms with E-state index in [9.17, 15) is 4.39 Å². The summed E-state index contributed by atoms with van der Waals surface area (Å²) in [5.41, 5.74) is 7.65. The zero-order valence-corrected chi connectivity index (χ0v) is 8.53. The van der Waals surface area contributed by atoms with E-state index in [-0.39, 0.29) is 6.67 Å². The lowest BCUT2D eigenvalue weighted by atomic mass is 10.2. The van der Waals surface area contributed by atoms with Gasteiger partial charge in [0.25, 0.3) is 0 Å². The second-order valence-corrected chi connectivity index (χ2v) is 4.00. The fourth-order valence-electron chi connectivity index (χ4n) is 1.02. The Kier molecular flexibility index (Phi) is 4.09. The number of hydrogen-bond acceptors (Lipinski definition) is 2. The van der Waals surface area contributed by atoms with E-state index in [1.165, 1.54) is 0 Å². The first kappa shape index (κ1) is 10.4. The van der Waals surface area contributed by atoms with Crippen LogP contribution in [-0.2, 0) is 0 Å². The van der Waals surface area contributed by atoms with Crippen LogP contribution in [0.4, 0.5) is 10.1 Å². The molecule has 0 saturated carbocycles. The summed E-state index contributed by atoms with van der Waals surface area (Å²) in [7, 11) is 0. The van der Waals surface area contributed by atoms with Gasteiger partial charge in [-0.05, 0) is 31.0 Å². The Hall–Kier alpha value is -0.700. The largest absolute Gasteiger partial charge is 0.398 e. The van der Waals surface area contributed by atoms with Crippen LogP contribution in [0.25, 0.3) is 0 Å². The highest BCUT2D eigenvalue weighted by Gasteiger charge is 2.00. The van der Waals surface area contributed by atoms with Crippen molar-refractivity contribution in [1.82, 2.24) is 0 Å². The number of thioether (sulfide) groups is 1. The van der Waals surface area contributed by atoms with Crippen LogP contribution in [0.5, 0.6) is 0 Å². The Balaban J connectivity index is 2.61. The van der Waals surface area contributed by atoms with E-state index in [1.807, 2.05) is 25.1 Å². The fraction of sp³-hybridized carbons (Fsp3) is 0.400. The first-order chi connectivity index (χ1) is 6.25. The highest BCUT2D eigenvalue weighted by Crippen LogP contribution is 2.26. The molecule has 3 heteroatoms. The van der Waals surface area contributed by atoms with Gasteiger partial charge in [0.15, 0.2) is 0 Å². The van der Waals surface area contributed by atoms with Crippen molar-refractivity contribution in [3.8, 4) is 0 Å². The van der Waals surface area contributed by atoms with E-state index in [0.717, 1.165) is 21.9 Å². The highest BCUT2D eigenvalue weighted by molar-refractivity contribution is 7.99. The molecule has 0 aliphatic carbocycles. The van der Waals surface area contributed by atoms with Gasteiger partial charge in [0.1, 0.15) is 0 Å². The Morgan fingerprint density at radius 1 is 1.46 bits per heavy atom. The predicted molar refractivity (Wildman–Crippen MR) is 56.9 cm³/mol. The quantitative estimate of drug-likeness (QED) is 0.458. The van der Waals surface area contributed by atoms with E-state index in [4.69, 9.17) is 5.73 Å². The summed E-state index contributed by atoms with van der Waals surface area (Å²) in [6.07, 6.45) is 0.610. The molecule has 0 bridgehead atoms. The van der Waals surface area contributed by atoms with Crippen LogP contribution in [0.15, 0.2) is 23.1 Å². The van der Waals surface area contributed by atoms with Crippen molar-refractivity contribution in [3.63, 3.8) is 0 Å². The first-order valence-corrected chi connectivity index (χ1v) is 5.28. The second-order valence-electron chi connectivity index (χ2n) is 2.86. The second kappa shape index (κ2) is 5.12. The number of halogens is 1. The number of anilines is 1. The molecule has 2 N–H and O–H groups in total. The third-order valence-corrected chi connectivity index (χ3v) is 3.11. The average Bonchev–Trinajstić information content (AvgIpc) is 2.13. The van der Waals surface area contributed by atoms with E-state index in [2.05, 4.69) is 0 Å². The molecule has 0 fully saturated rings. The smallest absolute Gasteiger partial charge is 0.0902 e. The number of rotatable bonds is 4. The summed E-state index contributed by atoms with van der Waals surface area (Å²) in [4.78, 5) is 1.16. The third kappa shape index (κ3) is 2.92. The van der Waals surface area contributed by atoms with Crippen molar-refractivity contribution in [2.75, 3.05) is 18.2 Å². The van der Waals surface area contributed by atoms with Gasteiger partial charge in [-0.3, -0.25) is 4.39 Å². The molecule has 0 spiro atoms. The van der Waals surface area contributed by atoms with E-state index >= 15 is 0 Å². The van der Waals surface area contributed by atoms with Crippen molar-refractivity contribution in [3.05, 3.63) is 23.8 Å². The molecule has 0 amide bonds. The molecule has 13 heavy (non-hydrogen) atoms. The fourth-order valence-corrected chi connectivity index (χ4v) is 2.01. The van der Waals surface area contributed by atoms with E-state index in [0.29, 0.717) is 6.42 Å². The third-order valence-electron chi connectivity index (χ3n) is 1.86. The van der Waals surface area contributed by atoms with Gasteiger partial charge in [-0.1, -0.05) is 6.07 Å². The summed E-state index contributed by atoms with van der Waals surface area (Å²) < 4.78 is 11.8. The Morgan fingerprint density at radius 2 is 2.23 bits per heavy atom. The molecule has 0 radical (unpaired) electrons. The number of nitrogens with two attached hydrogens (primary N) is 1. The molecule has 0 aliphatic rings. The average molecular weight is 199 g/mol. The maximum atomic E-state index is 11.8. The molecule has 0 aliphatic heterocycles. The predicted octanol–water partition coefficient (Wildman–Crippen LogP) is 3.03. The van der Waals surface area contributed by atoms with Crippen molar-refractivity contribution in [2.24, 2.45) is 0 Å². The maximum absolute atomic E-state index is 11.8. The molecule has 0 unspecified atom stereocenters. The van der Waals surface area contributed by atoms with Crippen molar-refractivity contribution < 1.29 is 4.39 Å². The zero-order chi connectivity index (χ0) is 9.68. The van der Waals surface area contributed by atoms with Gasteiger partial charge < -0.3 is 5.73 Å². The van der Waals surface area contributed by atoms with Gasteiger partial charge in [-0.25, -0.2) is 0 Å². The van der Waals surface area contributed by atoms with Crippen LogP contribution < -0.4 is 5.73 Å². The molecular formula is C10H14FNS. The minimum absolute atomic E-state index is 0.242. The van der Waals surface area contributed by atoms with Gasteiger partial charge in [0, 0.05) is 16.3 Å². The summed E-state index contributed by atoms with van der Waals surface area (Å²) in [5, 5.41) is 0. The molecule has 1 aromatic rings. The lowest BCUT2D eigenvalue weighted by Gasteiger charge is -2.06. The van der Waals surface area contributed by atoms with Gasteiger partial charge in [-0.2, -0.15) is 0 Å². The number of nitrogen functional groups attached to an aromatic ring is 1. The van der Waals surface area contributed by atoms with Crippen LogP contribution in [0.1, 0.15) is 12.0 Å². The van der Waals surface area contributed by atoms with Crippen molar-refractivity contribution in [1.29, 1.82) is 0 Å². The highest BCUT2D eigenvalue weighted by atomic mass is 32.2. The minimum atomic E-state index is -0.242. The first-order valence-electron chi connectivity index (χ1n) is 4.29. The van der Waals surface area contributed by atoms with Gasteiger partial charge in [0.2, 0.25) is 0 Å². The normalized spacial score (nSPS) is 10.3. The lowest BCUT2D eigenvalue weighted by Crippen LogP contribution is -1.91. The van der Waals surface area contributed by atoms with Crippen LogP contribution in [-0.4, -0.2) is 12.4 Å². The lowest BCUT2D eigenvalue weighted by molar-refractivity contribution is 0.489. The molecule has 1 aromatic carbocycles. The molecular weight excluding hydrogens is 185 g/mol. The molecule has 72 valence electrons. The minimum Gasteiger partial charge on any atom is -0.398 e. The molecule has 1 rings (SSSR count). The monoisotopic (exact) mass is 199 g/mol. The molecule has 0 saturated heterocycles. The Labute approximate surface area is 82.5 Å². The van der Waals surface area contributed by atoms with Crippen LogP contribution in [0.3, 0.4) is 0 Å². The molecule has 0 heterocycles. The molecule has 0 atom stereocenters. The van der Waals surface area contributed by atoms with Gasteiger partial charge in [-0.15, -0.1) is 11.8 Å². The Bertz CT molecular complexity index is 276. The Morgan fingerprint density at radius 3 is 2.92 bits per heavy atom. The van der Waals surface area contributed by atoms with Crippen molar-refractivity contribution >= 4 is 17.4 Å². The zero-order valence-electron chi connectivity index (χ0n) is 7.72. The van der Waals surface area contributed by atoms with E-state index < -0.39 is 0 Å². The number of hydrogen-bond donors (Lipinski definition) is 1. The van der Waals surface area contributed by atoms with Gasteiger partial charge >= 0.3 is 0 Å². The topological polar surface area (TPSA) is 26.0 Å². The number of benzene rings is 1.